The van der Waals surface area contributed by atoms with Crippen LogP contribution in [-0.4, -0.2) is 61.3 Å². The molecule has 1 aromatic rings. The van der Waals surface area contributed by atoms with E-state index >= 15 is 0 Å². The molecule has 1 saturated heterocycles. The topological polar surface area (TPSA) is 49.3 Å². The second-order valence-corrected chi connectivity index (χ2v) is 7.21. The van der Waals surface area contributed by atoms with Crippen molar-refractivity contribution in [1.29, 1.82) is 0 Å². The Kier molecular flexibility index (Phi) is 6.50. The fourth-order valence-electron chi connectivity index (χ4n) is 3.49. The molecule has 4 rings (SSSR count). The van der Waals surface area contributed by atoms with E-state index in [1.165, 1.54) is 12.0 Å². The van der Waals surface area contributed by atoms with E-state index in [1.807, 2.05) is 6.07 Å². The molecule has 2 fully saturated rings. The second kappa shape index (κ2) is 8.65. The molecule has 6 nitrogen and oxygen atoms in total. The Hall–Kier alpha value is -1.22. The molecule has 26 heavy (non-hydrogen) atoms. The standard InChI is InChI=1S/C19H28N4O2.HI/c1-3-20-19(21-16-10-14(16)2)23-8-6-22(7-9-23)12-15-4-5-17-18(11-15)25-13-24-17;/h4-5,11,14,16H,3,6-10,12-13H2,1-2H3,(H,20,21);1H. The number of guanidine groups is 1. The summed E-state index contributed by atoms with van der Waals surface area (Å²) in [5.41, 5.74) is 1.28. The maximum Gasteiger partial charge on any atom is 0.231 e. The Bertz CT molecular complexity index is 646. The number of piperazine rings is 1. The average Bonchev–Trinajstić information content (AvgIpc) is 3.12. The number of hydrogen-bond donors (Lipinski definition) is 1. The molecule has 7 heteroatoms. The van der Waals surface area contributed by atoms with Gasteiger partial charge >= 0.3 is 0 Å². The van der Waals surface area contributed by atoms with Crippen LogP contribution < -0.4 is 14.8 Å². The Labute approximate surface area is 172 Å². The molecule has 0 radical (unpaired) electrons. The maximum atomic E-state index is 5.48. The summed E-state index contributed by atoms with van der Waals surface area (Å²) in [6.07, 6.45) is 1.27. The number of halogens is 1. The Morgan fingerprint density at radius 3 is 2.62 bits per heavy atom. The van der Waals surface area contributed by atoms with Gasteiger partial charge in [0.05, 0.1) is 0 Å². The molecular formula is C19H29IN4O2. The van der Waals surface area contributed by atoms with Gasteiger partial charge in [-0.15, -0.1) is 24.0 Å². The summed E-state index contributed by atoms with van der Waals surface area (Å²) in [5, 5.41) is 3.63. The van der Waals surface area contributed by atoms with Gasteiger partial charge in [0.1, 0.15) is 0 Å². The maximum absolute atomic E-state index is 5.48. The van der Waals surface area contributed by atoms with Gasteiger partial charge in [-0.05, 0) is 37.0 Å². The van der Waals surface area contributed by atoms with E-state index in [4.69, 9.17) is 14.5 Å². The van der Waals surface area contributed by atoms with Crippen molar-refractivity contribution in [2.24, 2.45) is 10.9 Å². The van der Waals surface area contributed by atoms with Crippen molar-refractivity contribution in [3.63, 3.8) is 0 Å². The predicted molar refractivity (Wildman–Crippen MR) is 114 cm³/mol. The lowest BCUT2D eigenvalue weighted by Gasteiger charge is -2.36. The van der Waals surface area contributed by atoms with E-state index in [0.29, 0.717) is 12.8 Å². The zero-order valence-electron chi connectivity index (χ0n) is 15.6. The van der Waals surface area contributed by atoms with Crippen molar-refractivity contribution in [3.8, 4) is 11.5 Å². The van der Waals surface area contributed by atoms with E-state index in [-0.39, 0.29) is 24.0 Å². The van der Waals surface area contributed by atoms with E-state index in [2.05, 4.69) is 41.1 Å². The molecule has 0 amide bonds. The summed E-state index contributed by atoms with van der Waals surface area (Å²) in [6, 6.07) is 6.88. The number of benzene rings is 1. The smallest absolute Gasteiger partial charge is 0.231 e. The van der Waals surface area contributed by atoms with Crippen molar-refractivity contribution in [3.05, 3.63) is 23.8 Å². The minimum absolute atomic E-state index is 0. The summed E-state index contributed by atoms with van der Waals surface area (Å²) < 4.78 is 10.9. The van der Waals surface area contributed by atoms with Crippen LogP contribution in [0.2, 0.25) is 0 Å². The molecule has 1 aliphatic carbocycles. The van der Waals surface area contributed by atoms with Crippen LogP contribution in [0.25, 0.3) is 0 Å². The third-order valence-corrected chi connectivity index (χ3v) is 5.25. The van der Waals surface area contributed by atoms with Gasteiger partial charge in [0.2, 0.25) is 6.79 Å². The van der Waals surface area contributed by atoms with Crippen LogP contribution in [0.5, 0.6) is 11.5 Å². The van der Waals surface area contributed by atoms with Crippen LogP contribution in [0.4, 0.5) is 0 Å². The average molecular weight is 472 g/mol. The van der Waals surface area contributed by atoms with Crippen molar-refractivity contribution >= 4 is 29.9 Å². The van der Waals surface area contributed by atoms with Crippen molar-refractivity contribution in [2.75, 3.05) is 39.5 Å². The molecular weight excluding hydrogens is 443 g/mol. The van der Waals surface area contributed by atoms with Crippen molar-refractivity contribution in [2.45, 2.75) is 32.9 Å². The van der Waals surface area contributed by atoms with Crippen molar-refractivity contribution in [1.82, 2.24) is 15.1 Å². The fraction of sp³-hybridized carbons (Fsp3) is 0.632. The highest BCUT2D eigenvalue weighted by Crippen LogP contribution is 2.33. The molecule has 2 unspecified atom stereocenters. The zero-order chi connectivity index (χ0) is 17.2. The molecule has 144 valence electrons. The van der Waals surface area contributed by atoms with E-state index in [9.17, 15) is 0 Å². The highest BCUT2D eigenvalue weighted by molar-refractivity contribution is 14.0. The first-order valence-electron chi connectivity index (χ1n) is 9.39. The summed E-state index contributed by atoms with van der Waals surface area (Å²) in [4.78, 5) is 9.60. The van der Waals surface area contributed by atoms with Crippen LogP contribution in [0.15, 0.2) is 23.2 Å². The van der Waals surface area contributed by atoms with Gasteiger partial charge in [-0.1, -0.05) is 13.0 Å². The quantitative estimate of drug-likeness (QED) is 0.415. The first-order valence-corrected chi connectivity index (χ1v) is 9.39. The number of nitrogens with one attached hydrogen (secondary N) is 1. The third-order valence-electron chi connectivity index (χ3n) is 5.25. The van der Waals surface area contributed by atoms with Crippen LogP contribution in [0, 0.1) is 5.92 Å². The van der Waals surface area contributed by atoms with Gasteiger partial charge in [-0.2, -0.15) is 0 Å². The molecule has 0 spiro atoms. The van der Waals surface area contributed by atoms with Gasteiger partial charge in [-0.25, -0.2) is 0 Å². The largest absolute Gasteiger partial charge is 0.454 e. The lowest BCUT2D eigenvalue weighted by atomic mass is 10.1. The molecule has 0 bridgehead atoms. The number of hydrogen-bond acceptors (Lipinski definition) is 4. The summed E-state index contributed by atoms with van der Waals surface area (Å²) in [5.74, 6) is 3.61. The van der Waals surface area contributed by atoms with Gasteiger partial charge < -0.3 is 19.7 Å². The Balaban J connectivity index is 0.00000196. The van der Waals surface area contributed by atoms with Gasteiger partial charge in [0, 0.05) is 45.3 Å². The van der Waals surface area contributed by atoms with Gasteiger partial charge in [-0.3, -0.25) is 9.89 Å². The Morgan fingerprint density at radius 2 is 1.92 bits per heavy atom. The number of ether oxygens (including phenoxy) is 2. The van der Waals surface area contributed by atoms with E-state index in [0.717, 1.165) is 62.6 Å². The summed E-state index contributed by atoms with van der Waals surface area (Å²) in [7, 11) is 0. The minimum Gasteiger partial charge on any atom is -0.454 e. The minimum atomic E-state index is 0. The highest BCUT2D eigenvalue weighted by Gasteiger charge is 2.34. The second-order valence-electron chi connectivity index (χ2n) is 7.21. The first kappa shape index (κ1) is 19.5. The summed E-state index contributed by atoms with van der Waals surface area (Å²) in [6.45, 7) is 10.7. The Morgan fingerprint density at radius 1 is 1.19 bits per heavy atom. The molecule has 3 aliphatic rings. The monoisotopic (exact) mass is 472 g/mol. The molecule has 2 heterocycles. The van der Waals surface area contributed by atoms with Gasteiger partial charge in [0.15, 0.2) is 17.5 Å². The molecule has 1 saturated carbocycles. The number of nitrogens with zero attached hydrogens (tertiary/aromatic N) is 3. The molecule has 2 atom stereocenters. The van der Waals surface area contributed by atoms with Crippen LogP contribution in [0.3, 0.4) is 0 Å². The number of rotatable bonds is 4. The van der Waals surface area contributed by atoms with Crippen LogP contribution >= 0.6 is 24.0 Å². The predicted octanol–water partition coefficient (Wildman–Crippen LogP) is 2.52. The SMILES string of the molecule is CCN=C(NC1CC1C)N1CCN(Cc2ccc3c(c2)OCO3)CC1.I. The van der Waals surface area contributed by atoms with E-state index in [1.54, 1.807) is 0 Å². The lowest BCUT2D eigenvalue weighted by Crippen LogP contribution is -2.52. The van der Waals surface area contributed by atoms with Crippen molar-refractivity contribution < 1.29 is 9.47 Å². The zero-order valence-corrected chi connectivity index (χ0v) is 17.9. The van der Waals surface area contributed by atoms with Crippen LogP contribution in [-0.2, 0) is 6.54 Å². The molecule has 1 N–H and O–H groups in total. The van der Waals surface area contributed by atoms with Crippen LogP contribution in [0.1, 0.15) is 25.8 Å². The molecule has 0 aromatic heterocycles. The lowest BCUT2D eigenvalue weighted by molar-refractivity contribution is 0.171. The normalized spacial score (nSPS) is 25.0. The molecule has 2 aliphatic heterocycles. The highest BCUT2D eigenvalue weighted by atomic mass is 127. The van der Waals surface area contributed by atoms with E-state index < -0.39 is 0 Å². The first-order chi connectivity index (χ1) is 12.2. The van der Waals surface area contributed by atoms with Gasteiger partial charge in [0.25, 0.3) is 0 Å². The summed E-state index contributed by atoms with van der Waals surface area (Å²) >= 11 is 0. The fourth-order valence-corrected chi connectivity index (χ4v) is 3.49. The molecule has 1 aromatic carbocycles. The third kappa shape index (κ3) is 4.54. The number of fused-ring (bicyclic) bond motifs is 1. The number of aliphatic imine (C=N–C) groups is 1.